The summed E-state index contributed by atoms with van der Waals surface area (Å²) in [5.41, 5.74) is 5.87. The second-order valence-corrected chi connectivity index (χ2v) is 16.1. The second-order valence-electron chi connectivity index (χ2n) is 14.9. The van der Waals surface area contributed by atoms with Gasteiger partial charge in [-0.3, -0.25) is 14.4 Å². The predicted octanol–water partition coefficient (Wildman–Crippen LogP) is 8.64. The Morgan fingerprint density at radius 3 is 1.98 bits per heavy atom. The van der Waals surface area contributed by atoms with Gasteiger partial charge in [0.25, 0.3) is 5.91 Å². The molecule has 8 heteroatoms. The van der Waals surface area contributed by atoms with Crippen molar-refractivity contribution in [1.29, 1.82) is 0 Å². The van der Waals surface area contributed by atoms with Gasteiger partial charge in [-0.25, -0.2) is 0 Å². The Labute approximate surface area is 303 Å². The van der Waals surface area contributed by atoms with E-state index in [0.717, 1.165) is 50.9 Å². The van der Waals surface area contributed by atoms with E-state index in [0.29, 0.717) is 43.2 Å². The van der Waals surface area contributed by atoms with Gasteiger partial charge in [-0.15, -0.1) is 0 Å². The van der Waals surface area contributed by atoms with Crippen LogP contribution in [-0.4, -0.2) is 42.1 Å². The Hall–Kier alpha value is -3.92. The molecule has 7 nitrogen and oxygen atoms in total. The molecule has 256 valence electrons. The molecule has 1 heterocycles. The van der Waals surface area contributed by atoms with E-state index < -0.39 is 5.92 Å². The third-order valence-electron chi connectivity index (χ3n) is 9.56. The number of Topliss-reactive ketones (excluding diaryl/α,β-unsaturated/α-hetero) is 2. The van der Waals surface area contributed by atoms with Crippen LogP contribution < -0.4 is 14.8 Å². The number of para-hydroxylation sites is 1. The lowest BCUT2D eigenvalue weighted by Crippen LogP contribution is -2.45. The van der Waals surface area contributed by atoms with Gasteiger partial charge in [0.1, 0.15) is 0 Å². The molecule has 0 fully saturated rings. The SMILES string of the molecule is CCOc1cc(C2C3=C(CC(C)(C)CC3=O)N(CCc3ccccc3)C3=C2C(=O)CC(C)(C)C3)cc(I)c1OCC(=O)Nc1ccccc1. The smallest absolute Gasteiger partial charge is 0.262 e. The summed E-state index contributed by atoms with van der Waals surface area (Å²) in [5.74, 6) is 0.345. The molecule has 0 atom stereocenters. The van der Waals surface area contributed by atoms with Gasteiger partial charge >= 0.3 is 0 Å². The van der Waals surface area contributed by atoms with E-state index in [1.165, 1.54) is 5.56 Å². The molecule has 1 N–H and O–H groups in total. The summed E-state index contributed by atoms with van der Waals surface area (Å²) in [7, 11) is 0. The van der Waals surface area contributed by atoms with Crippen LogP contribution in [0.25, 0.3) is 0 Å². The topological polar surface area (TPSA) is 84.9 Å². The first-order valence-corrected chi connectivity index (χ1v) is 18.2. The summed E-state index contributed by atoms with van der Waals surface area (Å²) >= 11 is 2.21. The molecule has 0 saturated carbocycles. The highest BCUT2D eigenvalue weighted by Crippen LogP contribution is 2.55. The molecule has 0 unspecified atom stereocenters. The minimum atomic E-state index is -0.506. The van der Waals surface area contributed by atoms with Crippen molar-refractivity contribution in [3.8, 4) is 11.5 Å². The molecule has 3 aromatic rings. The zero-order valence-electron chi connectivity index (χ0n) is 29.0. The average Bonchev–Trinajstić information content (AvgIpc) is 3.03. The fourth-order valence-corrected chi connectivity index (χ4v) is 8.33. The lowest BCUT2D eigenvalue weighted by molar-refractivity contribution is -0.120. The number of nitrogens with one attached hydrogen (secondary N) is 1. The molecule has 6 rings (SSSR count). The molecule has 1 amide bonds. The summed E-state index contributed by atoms with van der Waals surface area (Å²) < 4.78 is 13.0. The first-order chi connectivity index (χ1) is 23.4. The molecule has 3 aromatic carbocycles. The number of carbonyl (C=O) groups is 3. The zero-order valence-corrected chi connectivity index (χ0v) is 31.2. The van der Waals surface area contributed by atoms with Gasteiger partial charge in [0.2, 0.25) is 0 Å². The molecule has 0 aromatic heterocycles. The first kappa shape index (κ1) is 34.9. The Morgan fingerprint density at radius 2 is 1.41 bits per heavy atom. The third-order valence-corrected chi connectivity index (χ3v) is 10.4. The van der Waals surface area contributed by atoms with Crippen LogP contribution >= 0.6 is 22.6 Å². The molecule has 49 heavy (non-hydrogen) atoms. The standard InChI is InChI=1S/C41H45IN2O5/c1-6-48-34-20-27(19-29(42)39(34)49-25-35(47)43-28-15-11-8-12-16-28)36-37-30(21-40(2,3)23-32(37)45)44(18-17-26-13-9-7-10-14-26)31-22-41(4,5)24-33(46)38(31)36/h7-16,19-20,36H,6,17-18,21-25H2,1-5H3,(H,43,47). The van der Waals surface area contributed by atoms with Gasteiger partial charge in [0, 0.05) is 53.5 Å². The number of halogens is 1. The van der Waals surface area contributed by atoms with Gasteiger partial charge in [0.15, 0.2) is 29.7 Å². The van der Waals surface area contributed by atoms with Crippen LogP contribution in [0, 0.1) is 14.4 Å². The van der Waals surface area contributed by atoms with Crippen molar-refractivity contribution < 1.29 is 23.9 Å². The summed E-state index contributed by atoms with van der Waals surface area (Å²) in [4.78, 5) is 43.8. The van der Waals surface area contributed by atoms with Crippen LogP contribution in [0.5, 0.6) is 11.5 Å². The maximum Gasteiger partial charge on any atom is 0.262 e. The number of benzene rings is 3. The zero-order chi connectivity index (χ0) is 34.9. The Balaban J connectivity index is 1.43. The van der Waals surface area contributed by atoms with Crippen molar-refractivity contribution in [3.05, 3.63) is 110 Å². The summed E-state index contributed by atoms with van der Waals surface area (Å²) in [6.07, 6.45) is 3.14. The summed E-state index contributed by atoms with van der Waals surface area (Å²) in [5, 5.41) is 2.86. The van der Waals surface area contributed by atoms with Crippen LogP contribution in [-0.2, 0) is 20.8 Å². The summed E-state index contributed by atoms with van der Waals surface area (Å²) in [6.45, 7) is 11.4. The number of nitrogens with zero attached hydrogens (tertiary/aromatic N) is 1. The molecule has 0 spiro atoms. The number of ketones is 2. The van der Waals surface area contributed by atoms with Crippen molar-refractivity contribution in [2.45, 2.75) is 72.6 Å². The number of hydrogen-bond acceptors (Lipinski definition) is 6. The van der Waals surface area contributed by atoms with Gasteiger partial charge in [0.05, 0.1) is 10.2 Å². The van der Waals surface area contributed by atoms with Crippen molar-refractivity contribution in [3.63, 3.8) is 0 Å². The van der Waals surface area contributed by atoms with Crippen LogP contribution in [0.4, 0.5) is 5.69 Å². The molecule has 0 bridgehead atoms. The van der Waals surface area contributed by atoms with E-state index in [2.05, 4.69) is 84.8 Å². The van der Waals surface area contributed by atoms with Crippen LogP contribution in [0.2, 0.25) is 0 Å². The highest BCUT2D eigenvalue weighted by Gasteiger charge is 2.49. The van der Waals surface area contributed by atoms with Crippen molar-refractivity contribution in [1.82, 2.24) is 4.90 Å². The number of amides is 1. The van der Waals surface area contributed by atoms with Crippen molar-refractivity contribution in [2.24, 2.45) is 10.8 Å². The lowest BCUT2D eigenvalue weighted by atomic mass is 9.63. The molecule has 0 radical (unpaired) electrons. The Morgan fingerprint density at radius 1 is 0.837 bits per heavy atom. The molecule has 2 aliphatic carbocycles. The number of rotatable bonds is 10. The number of carbonyl (C=O) groups excluding carboxylic acids is 3. The second kappa shape index (κ2) is 14.1. The van der Waals surface area contributed by atoms with E-state index in [9.17, 15) is 14.4 Å². The average molecular weight is 773 g/mol. The maximum absolute atomic E-state index is 14.3. The van der Waals surface area contributed by atoms with Crippen molar-refractivity contribution >= 4 is 45.8 Å². The summed E-state index contributed by atoms with van der Waals surface area (Å²) in [6, 6.07) is 23.6. The first-order valence-electron chi connectivity index (χ1n) is 17.1. The normalized spacial score (nSPS) is 18.6. The van der Waals surface area contributed by atoms with E-state index in [1.807, 2.05) is 55.5 Å². The molecular weight excluding hydrogens is 727 g/mol. The number of hydrogen-bond donors (Lipinski definition) is 1. The number of anilines is 1. The van der Waals surface area contributed by atoms with Crippen LogP contribution in [0.3, 0.4) is 0 Å². The van der Waals surface area contributed by atoms with Gasteiger partial charge < -0.3 is 19.7 Å². The molecule has 0 saturated heterocycles. The quantitative estimate of drug-likeness (QED) is 0.208. The largest absolute Gasteiger partial charge is 0.490 e. The highest BCUT2D eigenvalue weighted by molar-refractivity contribution is 14.1. The van der Waals surface area contributed by atoms with Gasteiger partial charge in [-0.2, -0.15) is 0 Å². The van der Waals surface area contributed by atoms with Crippen LogP contribution in [0.15, 0.2) is 95.3 Å². The minimum Gasteiger partial charge on any atom is -0.490 e. The third kappa shape index (κ3) is 7.64. The Kier molecular flexibility index (Phi) is 10.1. The van der Waals surface area contributed by atoms with E-state index in [-0.39, 0.29) is 34.9 Å². The van der Waals surface area contributed by atoms with Crippen molar-refractivity contribution in [2.75, 3.05) is 25.1 Å². The number of ether oxygens (including phenoxy) is 2. The fraction of sp³-hybridized carbons (Fsp3) is 0.390. The highest BCUT2D eigenvalue weighted by atomic mass is 127. The van der Waals surface area contributed by atoms with E-state index in [1.54, 1.807) is 0 Å². The fourth-order valence-electron chi connectivity index (χ4n) is 7.55. The predicted molar refractivity (Wildman–Crippen MR) is 201 cm³/mol. The maximum atomic E-state index is 14.3. The van der Waals surface area contributed by atoms with E-state index >= 15 is 0 Å². The van der Waals surface area contributed by atoms with Gasteiger partial charge in [-0.1, -0.05) is 76.2 Å². The molecular formula is C41H45IN2O5. The van der Waals surface area contributed by atoms with Gasteiger partial charge in [-0.05, 0) is 95.0 Å². The number of allylic oxidation sites excluding steroid dienone is 4. The molecule has 1 aliphatic heterocycles. The monoisotopic (exact) mass is 772 g/mol. The van der Waals surface area contributed by atoms with Crippen LogP contribution in [0.1, 0.15) is 77.3 Å². The van der Waals surface area contributed by atoms with E-state index in [4.69, 9.17) is 9.47 Å². The Bertz CT molecular complexity index is 1770. The minimum absolute atomic E-state index is 0.0935. The molecule has 3 aliphatic rings. The lowest BCUT2D eigenvalue weighted by Gasteiger charge is -2.49.